The van der Waals surface area contributed by atoms with Gasteiger partial charge in [-0.05, 0) is 25.7 Å². The topological polar surface area (TPSA) is 70.1 Å². The molecule has 0 saturated heterocycles. The first kappa shape index (κ1) is 14.5. The van der Waals surface area contributed by atoms with Gasteiger partial charge in [-0.1, -0.05) is 20.8 Å². The van der Waals surface area contributed by atoms with Gasteiger partial charge in [-0.25, -0.2) is 9.48 Å². The van der Waals surface area contributed by atoms with E-state index in [9.17, 15) is 4.79 Å². The molecule has 1 atom stereocenters. The average molecular weight is 253 g/mol. The molecule has 0 amide bonds. The van der Waals surface area contributed by atoms with E-state index in [1.54, 1.807) is 11.6 Å². The first-order chi connectivity index (χ1) is 8.56. The van der Waals surface area contributed by atoms with Crippen molar-refractivity contribution in [3.05, 3.63) is 11.3 Å². The zero-order valence-electron chi connectivity index (χ0n) is 11.7. The summed E-state index contributed by atoms with van der Waals surface area (Å²) in [5.41, 5.74) is 7.29. The third kappa shape index (κ3) is 2.83. The number of aryl methyl sites for hydroxylation is 1. The van der Waals surface area contributed by atoms with Crippen LogP contribution < -0.4 is 5.73 Å². The van der Waals surface area contributed by atoms with Gasteiger partial charge in [-0.2, -0.15) is 5.10 Å². The van der Waals surface area contributed by atoms with E-state index >= 15 is 0 Å². The number of hydrogen-bond acceptors (Lipinski definition) is 4. The molecule has 102 valence electrons. The van der Waals surface area contributed by atoms with Gasteiger partial charge < -0.3 is 10.5 Å². The fraction of sp³-hybridized carbons (Fsp3) is 0.692. The van der Waals surface area contributed by atoms with Crippen LogP contribution in [0.3, 0.4) is 0 Å². The Hall–Kier alpha value is -1.52. The molecule has 18 heavy (non-hydrogen) atoms. The third-order valence-electron chi connectivity index (χ3n) is 3.04. The van der Waals surface area contributed by atoms with Gasteiger partial charge in [-0.15, -0.1) is 0 Å². The van der Waals surface area contributed by atoms with E-state index in [0.29, 0.717) is 24.7 Å². The molecule has 5 heteroatoms. The molecule has 1 unspecified atom stereocenters. The summed E-state index contributed by atoms with van der Waals surface area (Å²) >= 11 is 0. The molecule has 0 fully saturated rings. The zero-order valence-corrected chi connectivity index (χ0v) is 11.7. The molecule has 2 N–H and O–H groups in total. The van der Waals surface area contributed by atoms with Crippen molar-refractivity contribution < 1.29 is 9.53 Å². The van der Waals surface area contributed by atoms with Crippen LogP contribution in [0.4, 0.5) is 5.82 Å². The largest absolute Gasteiger partial charge is 0.461 e. The predicted octanol–water partition coefficient (Wildman–Crippen LogP) is 2.57. The fourth-order valence-electron chi connectivity index (χ4n) is 1.91. The van der Waals surface area contributed by atoms with Gasteiger partial charge in [0, 0.05) is 12.1 Å². The Balaban J connectivity index is 3.21. The van der Waals surface area contributed by atoms with Crippen molar-refractivity contribution in [1.29, 1.82) is 0 Å². The number of carbonyl (C=O) groups excluding carboxylic acids is 1. The number of anilines is 1. The summed E-state index contributed by atoms with van der Waals surface area (Å²) in [5, 5.41) is 4.30. The highest BCUT2D eigenvalue weighted by Gasteiger charge is 2.25. The van der Waals surface area contributed by atoms with Crippen molar-refractivity contribution in [3.63, 3.8) is 0 Å². The molecule has 0 aromatic carbocycles. The molecular formula is C13H23N3O2. The van der Waals surface area contributed by atoms with Crippen LogP contribution in [-0.4, -0.2) is 22.4 Å². The fourth-order valence-corrected chi connectivity index (χ4v) is 1.91. The Morgan fingerprint density at radius 3 is 2.61 bits per heavy atom. The summed E-state index contributed by atoms with van der Waals surface area (Å²) in [6.07, 6.45) is 1.84. The molecule has 5 nitrogen and oxygen atoms in total. The smallest absolute Gasteiger partial charge is 0.359 e. The molecule has 1 aromatic heterocycles. The van der Waals surface area contributed by atoms with Crippen LogP contribution in [-0.2, 0) is 11.3 Å². The monoisotopic (exact) mass is 253 g/mol. The Morgan fingerprint density at radius 1 is 1.44 bits per heavy atom. The van der Waals surface area contributed by atoms with Crippen molar-refractivity contribution in [2.24, 2.45) is 0 Å². The Morgan fingerprint density at radius 2 is 2.11 bits per heavy atom. The van der Waals surface area contributed by atoms with Gasteiger partial charge in [0.2, 0.25) is 0 Å². The molecule has 0 aliphatic carbocycles. The van der Waals surface area contributed by atoms with E-state index < -0.39 is 0 Å². The van der Waals surface area contributed by atoms with Gasteiger partial charge in [0.05, 0.1) is 6.61 Å². The van der Waals surface area contributed by atoms with Crippen LogP contribution in [0, 0.1) is 0 Å². The maximum Gasteiger partial charge on any atom is 0.359 e. The predicted molar refractivity (Wildman–Crippen MR) is 71.6 cm³/mol. The minimum Gasteiger partial charge on any atom is -0.461 e. The number of nitrogens with zero attached hydrogens (tertiary/aromatic N) is 2. The lowest BCUT2D eigenvalue weighted by molar-refractivity contribution is 0.0516. The molecule has 0 bridgehead atoms. The standard InChI is InChI=1S/C13H23N3O2/c1-5-8-16-12(14)10(9(4)6-2)11(15-16)13(17)18-7-3/h9H,5-8,14H2,1-4H3. The molecule has 0 radical (unpaired) electrons. The van der Waals surface area contributed by atoms with Gasteiger partial charge in [0.15, 0.2) is 5.69 Å². The molecule has 0 aliphatic rings. The number of nitrogens with two attached hydrogens (primary N) is 1. The van der Waals surface area contributed by atoms with E-state index in [1.807, 2.05) is 13.8 Å². The highest BCUT2D eigenvalue weighted by Crippen LogP contribution is 2.29. The summed E-state index contributed by atoms with van der Waals surface area (Å²) in [6, 6.07) is 0. The second-order valence-corrected chi connectivity index (χ2v) is 4.40. The quantitative estimate of drug-likeness (QED) is 0.791. The van der Waals surface area contributed by atoms with E-state index in [-0.39, 0.29) is 11.9 Å². The lowest BCUT2D eigenvalue weighted by atomic mass is 9.98. The van der Waals surface area contributed by atoms with Crippen LogP contribution in [0.1, 0.15) is 62.5 Å². The molecule has 0 saturated carbocycles. The number of esters is 1. The zero-order chi connectivity index (χ0) is 13.7. The minimum atomic E-state index is -0.380. The molecular weight excluding hydrogens is 230 g/mol. The number of carbonyl (C=O) groups is 1. The maximum absolute atomic E-state index is 11.9. The Bertz CT molecular complexity index is 413. The van der Waals surface area contributed by atoms with Gasteiger partial charge in [0.25, 0.3) is 0 Å². The lowest BCUT2D eigenvalue weighted by Crippen LogP contribution is -2.10. The van der Waals surface area contributed by atoms with Gasteiger partial charge in [0.1, 0.15) is 5.82 Å². The van der Waals surface area contributed by atoms with Crippen molar-refractivity contribution in [3.8, 4) is 0 Å². The summed E-state index contributed by atoms with van der Waals surface area (Å²) in [5.74, 6) is 0.415. The number of hydrogen-bond donors (Lipinski definition) is 1. The normalized spacial score (nSPS) is 12.4. The van der Waals surface area contributed by atoms with Crippen molar-refractivity contribution in [1.82, 2.24) is 9.78 Å². The van der Waals surface area contributed by atoms with Crippen LogP contribution in [0.15, 0.2) is 0 Å². The molecule has 1 aromatic rings. The van der Waals surface area contributed by atoms with E-state index in [1.165, 1.54) is 0 Å². The van der Waals surface area contributed by atoms with Crippen LogP contribution in [0.5, 0.6) is 0 Å². The van der Waals surface area contributed by atoms with Crippen molar-refractivity contribution in [2.45, 2.75) is 53.0 Å². The van der Waals surface area contributed by atoms with Crippen LogP contribution >= 0.6 is 0 Å². The van der Waals surface area contributed by atoms with Gasteiger partial charge >= 0.3 is 5.97 Å². The lowest BCUT2D eigenvalue weighted by Gasteiger charge is -2.10. The second-order valence-electron chi connectivity index (χ2n) is 4.40. The summed E-state index contributed by atoms with van der Waals surface area (Å²) in [4.78, 5) is 11.9. The van der Waals surface area contributed by atoms with Crippen LogP contribution in [0.2, 0.25) is 0 Å². The first-order valence-electron chi connectivity index (χ1n) is 6.59. The average Bonchev–Trinajstić information content (AvgIpc) is 2.67. The van der Waals surface area contributed by atoms with Crippen LogP contribution in [0.25, 0.3) is 0 Å². The molecule has 0 aliphatic heterocycles. The highest BCUT2D eigenvalue weighted by molar-refractivity contribution is 5.90. The second kappa shape index (κ2) is 6.42. The summed E-state index contributed by atoms with van der Waals surface area (Å²) in [6.45, 7) is 9.01. The van der Waals surface area contributed by atoms with Gasteiger partial charge in [-0.3, -0.25) is 0 Å². The summed E-state index contributed by atoms with van der Waals surface area (Å²) in [7, 11) is 0. The maximum atomic E-state index is 11.9. The van der Waals surface area contributed by atoms with E-state index in [4.69, 9.17) is 10.5 Å². The highest BCUT2D eigenvalue weighted by atomic mass is 16.5. The number of nitrogen functional groups attached to an aromatic ring is 1. The minimum absolute atomic E-state index is 0.204. The molecule has 0 spiro atoms. The molecule has 1 heterocycles. The number of ether oxygens (including phenoxy) is 1. The van der Waals surface area contributed by atoms with Crippen molar-refractivity contribution >= 4 is 11.8 Å². The Kier molecular flexibility index (Phi) is 5.19. The van der Waals surface area contributed by atoms with E-state index in [2.05, 4.69) is 12.0 Å². The first-order valence-corrected chi connectivity index (χ1v) is 6.59. The number of aromatic nitrogens is 2. The summed E-state index contributed by atoms with van der Waals surface area (Å²) < 4.78 is 6.74. The van der Waals surface area contributed by atoms with Crippen molar-refractivity contribution in [2.75, 3.05) is 12.3 Å². The SMILES string of the molecule is CCCn1nc(C(=O)OCC)c(C(C)CC)c1N. The van der Waals surface area contributed by atoms with E-state index in [0.717, 1.165) is 18.4 Å². The molecule has 1 rings (SSSR count). The number of rotatable bonds is 6. The Labute approximate surface area is 108 Å². The third-order valence-corrected chi connectivity index (χ3v) is 3.04.